The average molecular weight is 501 g/mol. The van der Waals surface area contributed by atoms with E-state index in [1.54, 1.807) is 19.3 Å². The molecule has 1 heterocycles. The third-order valence-electron chi connectivity index (χ3n) is 5.01. The van der Waals surface area contributed by atoms with Crippen LogP contribution >= 0.6 is 11.8 Å². The van der Waals surface area contributed by atoms with Crippen molar-refractivity contribution in [2.24, 2.45) is 0 Å². The van der Waals surface area contributed by atoms with Crippen molar-refractivity contribution in [3.63, 3.8) is 0 Å². The van der Waals surface area contributed by atoms with Crippen molar-refractivity contribution >= 4 is 37.5 Å². The second kappa shape index (κ2) is 9.02. The van der Waals surface area contributed by atoms with Gasteiger partial charge in [0.1, 0.15) is 17.5 Å². The number of sulfonamides is 1. The number of nitrogens with zero attached hydrogens (tertiary/aromatic N) is 1. The van der Waals surface area contributed by atoms with E-state index in [0.717, 1.165) is 10.6 Å². The first-order valence-corrected chi connectivity index (χ1v) is 13.9. The van der Waals surface area contributed by atoms with Gasteiger partial charge in [-0.3, -0.25) is 10.0 Å². The summed E-state index contributed by atoms with van der Waals surface area (Å²) in [5.74, 6) is 0.465. The number of rotatable bonds is 6. The lowest BCUT2D eigenvalue weighted by Crippen LogP contribution is -2.61. The minimum absolute atomic E-state index is 0.0179. The number of hydrogen-bond acceptors (Lipinski definition) is 8. The first kappa shape index (κ1) is 24.5. The molecule has 1 unspecified atom stereocenters. The average Bonchev–Trinajstić information content (AvgIpc) is 2.72. The number of benzene rings is 2. The molecule has 0 spiro atoms. The van der Waals surface area contributed by atoms with Gasteiger partial charge < -0.3 is 4.74 Å². The molecule has 1 saturated heterocycles. The van der Waals surface area contributed by atoms with Gasteiger partial charge >= 0.3 is 0 Å². The number of nitrogens with one attached hydrogen (secondary N) is 1. The predicted octanol–water partition coefficient (Wildman–Crippen LogP) is 2.27. The van der Waals surface area contributed by atoms with Crippen LogP contribution in [0.15, 0.2) is 58.3 Å². The van der Waals surface area contributed by atoms with Crippen LogP contribution in [0, 0.1) is 0 Å². The number of hydroxylamine groups is 1. The molecule has 0 saturated carbocycles. The van der Waals surface area contributed by atoms with Crippen LogP contribution in [0.25, 0.3) is 0 Å². The summed E-state index contributed by atoms with van der Waals surface area (Å²) in [6, 6.07) is 10.5. The van der Waals surface area contributed by atoms with Gasteiger partial charge in [-0.2, -0.15) is 16.1 Å². The highest BCUT2D eigenvalue weighted by atomic mass is 32.2. The van der Waals surface area contributed by atoms with Crippen molar-refractivity contribution < 1.29 is 31.6 Å². The van der Waals surface area contributed by atoms with Gasteiger partial charge in [-0.05, 0) is 62.4 Å². The number of sulfone groups is 1. The number of carbonyl (C=O) groups excluding carboxylic acids is 1. The number of thioether (sulfide) groups is 1. The van der Waals surface area contributed by atoms with Crippen molar-refractivity contribution in [3.8, 4) is 11.5 Å². The Bertz CT molecular complexity index is 1190. The third kappa shape index (κ3) is 5.09. The van der Waals surface area contributed by atoms with E-state index < -0.39 is 36.6 Å². The van der Waals surface area contributed by atoms with Gasteiger partial charge in [0.2, 0.25) is 10.0 Å². The maximum Gasteiger partial charge on any atom is 0.263 e. The fourth-order valence-corrected chi connectivity index (χ4v) is 7.16. The quantitative estimate of drug-likeness (QED) is 0.456. The molecule has 1 amide bonds. The Hall–Kier alpha value is -2.12. The number of ether oxygens (including phenoxy) is 1. The van der Waals surface area contributed by atoms with Crippen LogP contribution in [-0.4, -0.2) is 61.6 Å². The highest BCUT2D eigenvalue weighted by molar-refractivity contribution is 8.01. The second-order valence-electron chi connectivity index (χ2n) is 7.76. The Kier molecular flexibility index (Phi) is 6.91. The molecule has 2 N–H and O–H groups in total. The normalized spacial score (nSPS) is 19.3. The SMILES string of the molecule is CC1(C)SCCN(S(=O)(=O)c2ccc(Oc3ccc(S(C)(=O)=O)cc3)cc2)C1C(=O)NO. The van der Waals surface area contributed by atoms with Gasteiger partial charge in [-0.1, -0.05) is 0 Å². The van der Waals surface area contributed by atoms with Gasteiger partial charge in [0, 0.05) is 23.3 Å². The van der Waals surface area contributed by atoms with Crippen LogP contribution in [0.4, 0.5) is 0 Å². The molecule has 0 bridgehead atoms. The molecule has 2 aromatic rings. The number of hydrogen-bond donors (Lipinski definition) is 2. The summed E-state index contributed by atoms with van der Waals surface area (Å²) in [7, 11) is -7.34. The summed E-state index contributed by atoms with van der Waals surface area (Å²) >= 11 is 1.46. The Morgan fingerprint density at radius 3 is 2.00 bits per heavy atom. The zero-order chi connectivity index (χ0) is 23.7. The summed E-state index contributed by atoms with van der Waals surface area (Å²) in [4.78, 5) is 12.4. The van der Waals surface area contributed by atoms with Gasteiger partial charge in [0.05, 0.1) is 9.79 Å². The van der Waals surface area contributed by atoms with E-state index in [-0.39, 0.29) is 16.3 Å². The smallest absolute Gasteiger partial charge is 0.263 e. The van der Waals surface area contributed by atoms with E-state index in [1.807, 2.05) is 0 Å². The number of amides is 1. The molecule has 12 heteroatoms. The molecule has 32 heavy (non-hydrogen) atoms. The van der Waals surface area contributed by atoms with Gasteiger partial charge in [-0.15, -0.1) is 0 Å². The molecule has 3 rings (SSSR count). The summed E-state index contributed by atoms with van der Waals surface area (Å²) in [6.07, 6.45) is 1.11. The van der Waals surface area contributed by atoms with Gasteiger partial charge in [-0.25, -0.2) is 22.3 Å². The van der Waals surface area contributed by atoms with Crippen molar-refractivity contribution in [2.45, 2.75) is 34.4 Å². The monoisotopic (exact) mass is 500 g/mol. The molecular formula is C20H24N2O7S3. The fourth-order valence-electron chi connectivity index (χ4n) is 3.43. The lowest BCUT2D eigenvalue weighted by atomic mass is 10.0. The highest BCUT2D eigenvalue weighted by Crippen LogP contribution is 2.38. The van der Waals surface area contributed by atoms with E-state index in [4.69, 9.17) is 9.94 Å². The molecule has 2 aromatic carbocycles. The second-order valence-corrected chi connectivity index (χ2v) is 13.4. The molecular weight excluding hydrogens is 476 g/mol. The van der Waals surface area contributed by atoms with Crippen molar-refractivity contribution in [1.82, 2.24) is 9.79 Å². The zero-order valence-corrected chi connectivity index (χ0v) is 20.1. The number of carbonyl (C=O) groups is 1. The Labute approximate surface area is 191 Å². The van der Waals surface area contributed by atoms with Crippen molar-refractivity contribution in [3.05, 3.63) is 48.5 Å². The Balaban J connectivity index is 1.83. The van der Waals surface area contributed by atoms with E-state index in [9.17, 15) is 21.6 Å². The lowest BCUT2D eigenvalue weighted by molar-refractivity contribution is -0.134. The molecule has 0 aromatic heterocycles. The van der Waals surface area contributed by atoms with Crippen LogP contribution in [-0.2, 0) is 24.7 Å². The molecule has 1 aliphatic heterocycles. The molecule has 0 radical (unpaired) electrons. The van der Waals surface area contributed by atoms with Crippen LogP contribution in [0.3, 0.4) is 0 Å². The Morgan fingerprint density at radius 2 is 1.53 bits per heavy atom. The molecule has 9 nitrogen and oxygen atoms in total. The predicted molar refractivity (Wildman–Crippen MR) is 120 cm³/mol. The summed E-state index contributed by atoms with van der Waals surface area (Å²) in [6.45, 7) is 3.63. The van der Waals surface area contributed by atoms with Crippen molar-refractivity contribution in [2.75, 3.05) is 18.6 Å². The maximum atomic E-state index is 13.3. The molecule has 1 fully saturated rings. The van der Waals surface area contributed by atoms with Crippen LogP contribution in [0.1, 0.15) is 13.8 Å². The maximum absolute atomic E-state index is 13.3. The van der Waals surface area contributed by atoms with Gasteiger partial charge in [0.25, 0.3) is 5.91 Å². The van der Waals surface area contributed by atoms with Crippen LogP contribution in [0.2, 0.25) is 0 Å². The zero-order valence-electron chi connectivity index (χ0n) is 17.7. The van der Waals surface area contributed by atoms with Crippen LogP contribution < -0.4 is 10.2 Å². The van der Waals surface area contributed by atoms with E-state index >= 15 is 0 Å². The molecule has 1 atom stereocenters. The van der Waals surface area contributed by atoms with E-state index in [2.05, 4.69) is 0 Å². The first-order valence-electron chi connectivity index (χ1n) is 9.54. The summed E-state index contributed by atoms with van der Waals surface area (Å²) in [5, 5.41) is 9.13. The minimum atomic E-state index is -4.02. The summed E-state index contributed by atoms with van der Waals surface area (Å²) < 4.78 is 55.7. The standard InChI is InChI=1S/C20H24N2O7S3/c1-20(2)18(19(23)21-24)22(12-13-30-20)32(27,28)17-10-6-15(7-11-17)29-14-4-8-16(9-5-14)31(3,25)26/h4-11,18,24H,12-13H2,1-3H3,(H,21,23). The molecule has 0 aliphatic carbocycles. The first-order chi connectivity index (χ1) is 14.9. The molecule has 174 valence electrons. The Morgan fingerprint density at radius 1 is 1.03 bits per heavy atom. The molecule has 1 aliphatic rings. The van der Waals surface area contributed by atoms with E-state index in [1.165, 1.54) is 60.3 Å². The minimum Gasteiger partial charge on any atom is -0.457 e. The largest absolute Gasteiger partial charge is 0.457 e. The highest BCUT2D eigenvalue weighted by Gasteiger charge is 2.48. The van der Waals surface area contributed by atoms with Crippen molar-refractivity contribution in [1.29, 1.82) is 0 Å². The third-order valence-corrected chi connectivity index (χ3v) is 9.37. The van der Waals surface area contributed by atoms with Gasteiger partial charge in [0.15, 0.2) is 9.84 Å². The van der Waals surface area contributed by atoms with E-state index in [0.29, 0.717) is 17.3 Å². The lowest BCUT2D eigenvalue weighted by Gasteiger charge is -2.43. The fraction of sp³-hybridized carbons (Fsp3) is 0.350. The van der Waals surface area contributed by atoms with Crippen LogP contribution in [0.5, 0.6) is 11.5 Å². The summed E-state index contributed by atoms with van der Waals surface area (Å²) in [5.41, 5.74) is 1.58. The topological polar surface area (TPSA) is 130 Å².